The Morgan fingerprint density at radius 2 is 1.81 bits per heavy atom. The fraction of sp³-hybridized carbons (Fsp3) is 0.143. The average molecular weight is 318 g/mol. The first kappa shape index (κ1) is 15.3. The van der Waals surface area contributed by atoms with Gasteiger partial charge in [0, 0.05) is 17.2 Å². The molecule has 0 aliphatic rings. The van der Waals surface area contributed by atoms with Gasteiger partial charge in [0.2, 0.25) is 0 Å². The van der Waals surface area contributed by atoms with E-state index in [0.29, 0.717) is 16.3 Å². The molecule has 2 N–H and O–H groups in total. The molecule has 7 heteroatoms. The van der Waals surface area contributed by atoms with Gasteiger partial charge in [0.25, 0.3) is 0 Å². The van der Waals surface area contributed by atoms with Crippen molar-refractivity contribution in [1.82, 2.24) is 0 Å². The summed E-state index contributed by atoms with van der Waals surface area (Å²) in [5.74, 6) is -1.20. The third-order valence-corrected chi connectivity index (χ3v) is 2.87. The summed E-state index contributed by atoms with van der Waals surface area (Å²) in [4.78, 5) is 0. The lowest BCUT2D eigenvalue weighted by atomic mass is 10.2. The van der Waals surface area contributed by atoms with Gasteiger partial charge in [-0.15, -0.1) is 0 Å². The zero-order valence-electron chi connectivity index (χ0n) is 10.9. The van der Waals surface area contributed by atoms with Crippen molar-refractivity contribution >= 4 is 17.3 Å². The Morgan fingerprint density at radius 3 is 2.43 bits per heavy atom. The van der Waals surface area contributed by atoms with Crippen LogP contribution in [0.4, 0.5) is 18.9 Å². The van der Waals surface area contributed by atoms with Crippen LogP contribution in [0.3, 0.4) is 0 Å². The Balaban J connectivity index is 2.34. The maximum absolute atomic E-state index is 13.5. The summed E-state index contributed by atoms with van der Waals surface area (Å²) < 4.78 is 47.4. The minimum Gasteiger partial charge on any atom is -0.455 e. The van der Waals surface area contributed by atoms with E-state index in [1.165, 1.54) is 0 Å². The largest absolute Gasteiger partial charge is 0.455 e. The number of nitrogen functional groups attached to an aromatic ring is 1. The van der Waals surface area contributed by atoms with Gasteiger partial charge in [0.05, 0.1) is 5.69 Å². The van der Waals surface area contributed by atoms with E-state index in [1.54, 1.807) is 25.1 Å². The number of benzene rings is 2. The van der Waals surface area contributed by atoms with Gasteiger partial charge in [-0.05, 0) is 30.7 Å². The number of anilines is 1. The molecule has 112 valence electrons. The van der Waals surface area contributed by atoms with Crippen molar-refractivity contribution in [2.75, 3.05) is 5.73 Å². The quantitative estimate of drug-likeness (QED) is 0.827. The lowest BCUT2D eigenvalue weighted by Crippen LogP contribution is -2.05. The Morgan fingerprint density at radius 1 is 1.10 bits per heavy atom. The number of hydrogen-bond donors (Lipinski definition) is 1. The predicted molar refractivity (Wildman–Crippen MR) is 73.7 cm³/mol. The van der Waals surface area contributed by atoms with Crippen molar-refractivity contribution < 1.29 is 22.6 Å². The van der Waals surface area contributed by atoms with Crippen molar-refractivity contribution in [1.29, 1.82) is 0 Å². The maximum atomic E-state index is 13.5. The number of nitrogens with two attached hydrogens (primary N) is 1. The average Bonchev–Trinajstić information content (AvgIpc) is 2.37. The molecule has 2 aromatic carbocycles. The molecule has 3 nitrogen and oxygen atoms in total. The molecule has 21 heavy (non-hydrogen) atoms. The molecule has 2 rings (SSSR count). The molecule has 0 bridgehead atoms. The summed E-state index contributed by atoms with van der Waals surface area (Å²) in [6.07, 6.45) is 0. The zero-order valence-corrected chi connectivity index (χ0v) is 11.6. The van der Waals surface area contributed by atoms with Crippen LogP contribution in [0.2, 0.25) is 5.02 Å². The van der Waals surface area contributed by atoms with Crippen LogP contribution in [0.25, 0.3) is 0 Å². The van der Waals surface area contributed by atoms with E-state index in [0.717, 1.165) is 12.1 Å². The van der Waals surface area contributed by atoms with E-state index in [2.05, 4.69) is 4.74 Å². The summed E-state index contributed by atoms with van der Waals surface area (Å²) in [5, 5.41) is 0.522. The Labute approximate surface area is 124 Å². The highest BCUT2D eigenvalue weighted by molar-refractivity contribution is 6.30. The number of rotatable bonds is 4. The third-order valence-electron chi connectivity index (χ3n) is 2.64. The second-order valence-corrected chi connectivity index (χ2v) is 4.65. The molecule has 0 spiro atoms. The first-order valence-corrected chi connectivity index (χ1v) is 6.22. The lowest BCUT2D eigenvalue weighted by molar-refractivity contribution is -0.0522. The van der Waals surface area contributed by atoms with E-state index < -0.39 is 18.2 Å². The molecule has 0 saturated heterocycles. The van der Waals surface area contributed by atoms with Crippen molar-refractivity contribution in [2.24, 2.45) is 0 Å². The number of halogens is 4. The van der Waals surface area contributed by atoms with E-state index >= 15 is 0 Å². The SMILES string of the molecule is Cc1cc(Cl)ccc1Oc1cc(OC(F)F)c(F)cc1N. The predicted octanol–water partition coefficient (Wildman–Crippen LogP) is 4.76. The van der Waals surface area contributed by atoms with Gasteiger partial charge in [-0.3, -0.25) is 0 Å². The lowest BCUT2D eigenvalue weighted by Gasteiger charge is -2.13. The number of alkyl halides is 2. The molecule has 0 aliphatic carbocycles. The molecule has 2 aromatic rings. The molecule has 0 aromatic heterocycles. The molecule has 0 amide bonds. The minimum atomic E-state index is -3.15. The van der Waals surface area contributed by atoms with E-state index in [-0.39, 0.29) is 11.4 Å². The Hall–Kier alpha value is -2.08. The third kappa shape index (κ3) is 3.72. The van der Waals surface area contributed by atoms with Crippen LogP contribution in [0, 0.1) is 12.7 Å². The zero-order chi connectivity index (χ0) is 15.6. The number of hydrogen-bond acceptors (Lipinski definition) is 3. The highest BCUT2D eigenvalue weighted by Crippen LogP contribution is 2.35. The van der Waals surface area contributed by atoms with Gasteiger partial charge in [-0.1, -0.05) is 11.6 Å². The van der Waals surface area contributed by atoms with E-state index in [4.69, 9.17) is 22.1 Å². The van der Waals surface area contributed by atoms with Crippen LogP contribution in [0.5, 0.6) is 17.2 Å². The molecular formula is C14H11ClF3NO2. The van der Waals surface area contributed by atoms with Crippen LogP contribution < -0.4 is 15.2 Å². The Kier molecular flexibility index (Phi) is 4.47. The van der Waals surface area contributed by atoms with Gasteiger partial charge in [0.15, 0.2) is 17.3 Å². The smallest absolute Gasteiger partial charge is 0.387 e. The number of ether oxygens (including phenoxy) is 2. The fourth-order valence-electron chi connectivity index (χ4n) is 1.67. The van der Waals surface area contributed by atoms with Gasteiger partial charge in [-0.2, -0.15) is 8.78 Å². The molecular weight excluding hydrogens is 307 g/mol. The second-order valence-electron chi connectivity index (χ2n) is 4.21. The molecule has 0 aliphatic heterocycles. The molecule has 0 radical (unpaired) electrons. The summed E-state index contributed by atoms with van der Waals surface area (Å²) in [6, 6.07) is 6.69. The van der Waals surface area contributed by atoms with Gasteiger partial charge in [-0.25, -0.2) is 4.39 Å². The van der Waals surface area contributed by atoms with Crippen molar-refractivity contribution in [3.05, 3.63) is 46.7 Å². The van der Waals surface area contributed by atoms with Gasteiger partial charge < -0.3 is 15.2 Å². The van der Waals surface area contributed by atoms with Crippen LogP contribution in [-0.2, 0) is 0 Å². The highest BCUT2D eigenvalue weighted by atomic mass is 35.5. The van der Waals surface area contributed by atoms with Crippen molar-refractivity contribution in [3.8, 4) is 17.2 Å². The van der Waals surface area contributed by atoms with Gasteiger partial charge in [0.1, 0.15) is 5.75 Å². The normalized spacial score (nSPS) is 10.8. The monoisotopic (exact) mass is 317 g/mol. The Bertz CT molecular complexity index is 665. The summed E-state index contributed by atoms with van der Waals surface area (Å²) in [6.45, 7) is -1.40. The molecule has 0 heterocycles. The maximum Gasteiger partial charge on any atom is 0.387 e. The first-order valence-electron chi connectivity index (χ1n) is 5.84. The molecule has 0 unspecified atom stereocenters. The second kappa shape index (κ2) is 6.13. The number of aryl methyl sites for hydroxylation is 1. The minimum absolute atomic E-state index is 0.0115. The standard InChI is InChI=1S/C14H11ClF3NO2/c1-7-4-8(15)2-3-11(7)20-13-6-12(21-14(17)18)9(16)5-10(13)19/h2-6,14H,19H2,1H3. The summed E-state index contributed by atoms with van der Waals surface area (Å²) in [5.41, 5.74) is 6.29. The van der Waals surface area contributed by atoms with Crippen LogP contribution in [-0.4, -0.2) is 6.61 Å². The summed E-state index contributed by atoms with van der Waals surface area (Å²) >= 11 is 5.82. The fourth-order valence-corrected chi connectivity index (χ4v) is 1.90. The van der Waals surface area contributed by atoms with Crippen molar-refractivity contribution in [3.63, 3.8) is 0 Å². The first-order chi connectivity index (χ1) is 9.86. The van der Waals surface area contributed by atoms with Crippen LogP contribution in [0.15, 0.2) is 30.3 Å². The topological polar surface area (TPSA) is 44.5 Å². The highest BCUT2D eigenvalue weighted by Gasteiger charge is 2.15. The van der Waals surface area contributed by atoms with Crippen LogP contribution in [0.1, 0.15) is 5.56 Å². The van der Waals surface area contributed by atoms with Crippen molar-refractivity contribution in [2.45, 2.75) is 13.5 Å². The van der Waals surface area contributed by atoms with Crippen LogP contribution >= 0.6 is 11.6 Å². The molecule has 0 saturated carbocycles. The summed E-state index contributed by atoms with van der Waals surface area (Å²) in [7, 11) is 0. The van der Waals surface area contributed by atoms with E-state index in [9.17, 15) is 13.2 Å². The van der Waals surface area contributed by atoms with Gasteiger partial charge >= 0.3 is 6.61 Å². The van der Waals surface area contributed by atoms with E-state index in [1.807, 2.05) is 0 Å². The molecule has 0 fully saturated rings. The molecule has 0 atom stereocenters.